The summed E-state index contributed by atoms with van der Waals surface area (Å²) in [6.07, 6.45) is 3.57. The minimum Gasteiger partial charge on any atom is -0.398 e. The molecule has 0 saturated heterocycles. The van der Waals surface area contributed by atoms with Gasteiger partial charge >= 0.3 is 0 Å². The van der Waals surface area contributed by atoms with Gasteiger partial charge in [-0.05, 0) is 43.4 Å². The number of nitrogens with one attached hydrogen (secondary N) is 1. The Hall–Kier alpha value is -1.12. The number of rotatable bonds is 4. The van der Waals surface area contributed by atoms with Gasteiger partial charge in [0, 0.05) is 12.3 Å². The maximum Gasteiger partial charge on any atom is 0.242 e. The van der Waals surface area contributed by atoms with E-state index in [-0.39, 0.29) is 21.5 Å². The van der Waals surface area contributed by atoms with Crippen LogP contribution in [0.5, 0.6) is 0 Å². The van der Waals surface area contributed by atoms with Crippen molar-refractivity contribution in [1.82, 2.24) is 4.72 Å². The lowest BCUT2D eigenvalue weighted by atomic mass is 10.1. The Balaban J connectivity index is 2.35. The predicted octanol–water partition coefficient (Wildman–Crippen LogP) is 1.14. The number of sulfone groups is 1. The minimum atomic E-state index is -3.82. The molecule has 1 saturated carbocycles. The molecule has 0 aliphatic heterocycles. The van der Waals surface area contributed by atoms with Crippen LogP contribution in [0.3, 0.4) is 0 Å². The Bertz CT molecular complexity index is 741. The van der Waals surface area contributed by atoms with Gasteiger partial charge in [0.1, 0.15) is 4.90 Å². The molecule has 21 heavy (non-hydrogen) atoms. The average Bonchev–Trinajstić information content (AvgIpc) is 2.72. The molecule has 1 aliphatic carbocycles. The number of sulfonamides is 1. The van der Waals surface area contributed by atoms with E-state index < -0.39 is 19.9 Å². The summed E-state index contributed by atoms with van der Waals surface area (Å²) < 4.78 is 50.5. The average molecular weight is 332 g/mol. The molecule has 2 atom stereocenters. The van der Waals surface area contributed by atoms with Crippen LogP contribution in [0.15, 0.2) is 28.0 Å². The van der Waals surface area contributed by atoms with Crippen LogP contribution in [0.1, 0.15) is 26.2 Å². The number of benzene rings is 1. The van der Waals surface area contributed by atoms with E-state index in [0.29, 0.717) is 5.92 Å². The zero-order valence-electron chi connectivity index (χ0n) is 12.0. The molecular weight excluding hydrogens is 312 g/mol. The van der Waals surface area contributed by atoms with Crippen molar-refractivity contribution in [2.75, 3.05) is 12.0 Å². The molecule has 8 heteroatoms. The molecule has 0 radical (unpaired) electrons. The van der Waals surface area contributed by atoms with Gasteiger partial charge in [-0.1, -0.05) is 6.92 Å². The summed E-state index contributed by atoms with van der Waals surface area (Å²) in [5.74, 6) is 0.484. The first kappa shape index (κ1) is 16.3. The lowest BCUT2D eigenvalue weighted by Crippen LogP contribution is -2.33. The van der Waals surface area contributed by atoms with Crippen LogP contribution < -0.4 is 10.5 Å². The molecular formula is C13H20N2O4S2. The van der Waals surface area contributed by atoms with Crippen LogP contribution >= 0.6 is 0 Å². The largest absolute Gasteiger partial charge is 0.398 e. The molecule has 0 aromatic heterocycles. The molecule has 1 aliphatic rings. The Kier molecular flexibility index (Phi) is 4.32. The molecule has 0 bridgehead atoms. The third-order valence-corrected chi connectivity index (χ3v) is 6.41. The molecule has 2 unspecified atom stereocenters. The van der Waals surface area contributed by atoms with Crippen molar-refractivity contribution in [3.05, 3.63) is 18.2 Å². The zero-order valence-corrected chi connectivity index (χ0v) is 13.7. The van der Waals surface area contributed by atoms with Crippen LogP contribution in [0.2, 0.25) is 0 Å². The van der Waals surface area contributed by atoms with Gasteiger partial charge in [-0.3, -0.25) is 0 Å². The second-order valence-corrected chi connectivity index (χ2v) is 9.41. The smallest absolute Gasteiger partial charge is 0.242 e. The van der Waals surface area contributed by atoms with Crippen LogP contribution in [0.4, 0.5) is 5.69 Å². The first-order chi connectivity index (χ1) is 9.59. The van der Waals surface area contributed by atoms with Gasteiger partial charge in [0.15, 0.2) is 9.84 Å². The second kappa shape index (κ2) is 5.58. The fraction of sp³-hybridized carbons (Fsp3) is 0.538. The standard InChI is InChI=1S/C13H20N2O4S2/c1-9-3-4-10(7-9)15-21(18,19)13-8-11(20(2,16)17)5-6-12(13)14/h5-6,8-10,15H,3-4,7,14H2,1-2H3. The highest BCUT2D eigenvalue weighted by Gasteiger charge is 2.28. The van der Waals surface area contributed by atoms with E-state index in [1.54, 1.807) is 0 Å². The molecule has 1 fully saturated rings. The highest BCUT2D eigenvalue weighted by Crippen LogP contribution is 2.28. The molecule has 6 nitrogen and oxygen atoms in total. The molecule has 0 spiro atoms. The van der Waals surface area contributed by atoms with Crippen LogP contribution in [0.25, 0.3) is 0 Å². The summed E-state index contributed by atoms with van der Waals surface area (Å²) >= 11 is 0. The first-order valence-corrected chi connectivity index (χ1v) is 10.1. The predicted molar refractivity (Wildman–Crippen MR) is 81.1 cm³/mol. The third-order valence-electron chi connectivity index (χ3n) is 3.72. The van der Waals surface area contributed by atoms with E-state index in [0.717, 1.165) is 31.6 Å². The van der Waals surface area contributed by atoms with E-state index in [1.807, 2.05) is 0 Å². The van der Waals surface area contributed by atoms with Gasteiger partial charge in [-0.15, -0.1) is 0 Å². The van der Waals surface area contributed by atoms with Crippen molar-refractivity contribution < 1.29 is 16.8 Å². The summed E-state index contributed by atoms with van der Waals surface area (Å²) in [4.78, 5) is -0.234. The van der Waals surface area contributed by atoms with Gasteiger partial charge < -0.3 is 5.73 Å². The molecule has 2 rings (SSSR count). The Morgan fingerprint density at radius 3 is 2.38 bits per heavy atom. The van der Waals surface area contributed by atoms with Crippen molar-refractivity contribution in [2.24, 2.45) is 5.92 Å². The first-order valence-electron chi connectivity index (χ1n) is 6.71. The minimum absolute atomic E-state index is 0.0425. The fourth-order valence-corrected chi connectivity index (χ4v) is 4.74. The highest BCUT2D eigenvalue weighted by atomic mass is 32.2. The molecule has 3 N–H and O–H groups in total. The second-order valence-electron chi connectivity index (χ2n) is 5.71. The van der Waals surface area contributed by atoms with Crippen LogP contribution in [0, 0.1) is 5.92 Å². The Morgan fingerprint density at radius 1 is 1.19 bits per heavy atom. The zero-order chi connectivity index (χ0) is 15.8. The number of nitrogens with two attached hydrogens (primary N) is 1. The number of hydrogen-bond acceptors (Lipinski definition) is 5. The maximum absolute atomic E-state index is 12.4. The Labute approximate surface area is 125 Å². The molecule has 118 valence electrons. The van der Waals surface area contributed by atoms with Gasteiger partial charge in [-0.2, -0.15) is 0 Å². The maximum atomic E-state index is 12.4. The normalized spacial score (nSPS) is 23.3. The topological polar surface area (TPSA) is 106 Å². The van der Waals surface area contributed by atoms with Crippen molar-refractivity contribution in [3.63, 3.8) is 0 Å². The number of nitrogen functional groups attached to an aromatic ring is 1. The Morgan fingerprint density at radius 2 is 1.86 bits per heavy atom. The third kappa shape index (κ3) is 3.75. The summed E-state index contributed by atoms with van der Waals surface area (Å²) in [5.41, 5.74) is 5.75. The van der Waals surface area contributed by atoms with Gasteiger partial charge in [-0.25, -0.2) is 21.6 Å². The molecule has 1 aromatic rings. The summed E-state index contributed by atoms with van der Waals surface area (Å²) in [6.45, 7) is 2.08. The monoisotopic (exact) mass is 332 g/mol. The van der Waals surface area contributed by atoms with E-state index >= 15 is 0 Å². The van der Waals surface area contributed by atoms with Gasteiger partial charge in [0.05, 0.1) is 10.6 Å². The molecule has 0 heterocycles. The van der Waals surface area contributed by atoms with Crippen LogP contribution in [-0.4, -0.2) is 29.1 Å². The lowest BCUT2D eigenvalue weighted by molar-refractivity contribution is 0.538. The van der Waals surface area contributed by atoms with Crippen molar-refractivity contribution in [3.8, 4) is 0 Å². The lowest BCUT2D eigenvalue weighted by Gasteiger charge is -2.15. The molecule has 0 amide bonds. The van der Waals surface area contributed by atoms with Crippen LogP contribution in [-0.2, 0) is 19.9 Å². The van der Waals surface area contributed by atoms with E-state index in [2.05, 4.69) is 11.6 Å². The summed E-state index contributed by atoms with van der Waals surface area (Å²) in [5, 5.41) is 0. The van der Waals surface area contributed by atoms with E-state index in [4.69, 9.17) is 5.73 Å². The van der Waals surface area contributed by atoms with Gasteiger partial charge in [0.2, 0.25) is 10.0 Å². The van der Waals surface area contributed by atoms with E-state index in [1.165, 1.54) is 12.1 Å². The van der Waals surface area contributed by atoms with Crippen molar-refractivity contribution in [1.29, 1.82) is 0 Å². The van der Waals surface area contributed by atoms with Gasteiger partial charge in [0.25, 0.3) is 0 Å². The molecule has 1 aromatic carbocycles. The SMILES string of the molecule is CC1CCC(NS(=O)(=O)c2cc(S(C)(=O)=O)ccc2N)C1. The fourth-order valence-electron chi connectivity index (χ4n) is 2.58. The van der Waals surface area contributed by atoms with Crippen molar-refractivity contribution >= 4 is 25.5 Å². The van der Waals surface area contributed by atoms with E-state index in [9.17, 15) is 16.8 Å². The van der Waals surface area contributed by atoms with Crippen molar-refractivity contribution in [2.45, 2.75) is 42.0 Å². The number of hydrogen-bond donors (Lipinski definition) is 2. The summed E-state index contributed by atoms with van der Waals surface area (Å²) in [7, 11) is -7.31. The summed E-state index contributed by atoms with van der Waals surface area (Å²) in [6, 6.07) is 3.61. The number of anilines is 1. The quantitative estimate of drug-likeness (QED) is 0.804. The highest BCUT2D eigenvalue weighted by molar-refractivity contribution is 7.91.